The Balaban J connectivity index is 0.000000311. The Morgan fingerprint density at radius 2 is 1.00 bits per heavy atom. The number of hydrogen-bond donors (Lipinski definition) is 0. The van der Waals surface area contributed by atoms with Crippen LogP contribution in [0.5, 0.6) is 11.5 Å². The van der Waals surface area contributed by atoms with E-state index in [0.717, 1.165) is 37.6 Å². The van der Waals surface area contributed by atoms with E-state index in [0.29, 0.717) is 5.41 Å². The minimum absolute atomic E-state index is 0.235. The van der Waals surface area contributed by atoms with Gasteiger partial charge in [-0.25, -0.2) is 0 Å². The molecule has 0 fully saturated rings. The van der Waals surface area contributed by atoms with Gasteiger partial charge in [-0.2, -0.15) is 0 Å². The molecule has 0 radical (unpaired) electrons. The molecule has 252 valence electrons. The Morgan fingerprint density at radius 1 is 0.467 bits per heavy atom. The third-order valence-corrected chi connectivity index (χ3v) is 8.06. The van der Waals surface area contributed by atoms with Crippen LogP contribution < -0.4 is 9.47 Å². The van der Waals surface area contributed by atoms with Gasteiger partial charge >= 0.3 is 0 Å². The first-order valence-corrected chi connectivity index (χ1v) is 17.9. The maximum atomic E-state index is 5.53. The third-order valence-electron chi connectivity index (χ3n) is 8.06. The molecule has 3 aromatic rings. The van der Waals surface area contributed by atoms with Crippen molar-refractivity contribution >= 4 is 0 Å². The van der Waals surface area contributed by atoms with Crippen LogP contribution in [0.25, 0.3) is 0 Å². The molecule has 3 aromatic carbocycles. The van der Waals surface area contributed by atoms with E-state index in [1.165, 1.54) is 41.5 Å². The van der Waals surface area contributed by atoms with Crippen LogP contribution in [0.3, 0.4) is 0 Å². The SMILES string of the molecule is CC.CC.CC.CC(C)(C)c1ccc2c(c1)CCO2.CC(C)(C)c1cccc2c1CCC2.CC(C)(C)c1cccc2c1CCO2. The van der Waals surface area contributed by atoms with E-state index in [1.807, 2.05) is 41.5 Å². The first kappa shape index (κ1) is 40.3. The second-order valence-corrected chi connectivity index (χ2v) is 14.3. The predicted molar refractivity (Wildman–Crippen MR) is 200 cm³/mol. The van der Waals surface area contributed by atoms with Crippen molar-refractivity contribution in [1.82, 2.24) is 0 Å². The average Bonchev–Trinajstić information content (AvgIpc) is 3.79. The molecule has 0 N–H and O–H groups in total. The molecular formula is C43H68O2. The largest absolute Gasteiger partial charge is 0.493 e. The molecule has 6 rings (SSSR count). The van der Waals surface area contributed by atoms with Crippen molar-refractivity contribution in [3.8, 4) is 11.5 Å². The second kappa shape index (κ2) is 18.4. The zero-order valence-electron chi connectivity index (χ0n) is 32.0. The summed E-state index contributed by atoms with van der Waals surface area (Å²) in [4.78, 5) is 0. The summed E-state index contributed by atoms with van der Waals surface area (Å²) in [6.45, 7) is 34.1. The Hall–Kier alpha value is -2.74. The summed E-state index contributed by atoms with van der Waals surface area (Å²) in [7, 11) is 0. The average molecular weight is 617 g/mol. The van der Waals surface area contributed by atoms with Crippen LogP contribution in [0.1, 0.15) is 149 Å². The zero-order chi connectivity index (χ0) is 34.4. The first-order valence-electron chi connectivity index (χ1n) is 17.9. The van der Waals surface area contributed by atoms with Crippen LogP contribution >= 0.6 is 0 Å². The van der Waals surface area contributed by atoms with Crippen LogP contribution in [0.2, 0.25) is 0 Å². The van der Waals surface area contributed by atoms with E-state index >= 15 is 0 Å². The van der Waals surface area contributed by atoms with Gasteiger partial charge in [0, 0.05) is 18.4 Å². The molecule has 0 saturated carbocycles. The monoisotopic (exact) mass is 617 g/mol. The van der Waals surface area contributed by atoms with E-state index in [2.05, 4.69) is 117 Å². The van der Waals surface area contributed by atoms with E-state index in [1.54, 1.807) is 16.7 Å². The van der Waals surface area contributed by atoms with Crippen molar-refractivity contribution in [3.63, 3.8) is 0 Å². The summed E-state index contributed by atoms with van der Waals surface area (Å²) in [5.41, 5.74) is 11.2. The molecule has 0 saturated heterocycles. The number of rotatable bonds is 0. The van der Waals surface area contributed by atoms with Gasteiger partial charge < -0.3 is 9.47 Å². The molecule has 0 atom stereocenters. The van der Waals surface area contributed by atoms with Gasteiger partial charge in [-0.15, -0.1) is 0 Å². The number of fused-ring (bicyclic) bond motifs is 3. The molecule has 45 heavy (non-hydrogen) atoms. The highest BCUT2D eigenvalue weighted by molar-refractivity contribution is 5.46. The molecular weight excluding hydrogens is 548 g/mol. The molecule has 1 aliphatic carbocycles. The lowest BCUT2D eigenvalue weighted by Crippen LogP contribution is -2.13. The van der Waals surface area contributed by atoms with Gasteiger partial charge in [-0.05, 0) is 81.0 Å². The Morgan fingerprint density at radius 3 is 1.58 bits per heavy atom. The highest BCUT2D eigenvalue weighted by atomic mass is 16.5. The first-order chi connectivity index (χ1) is 21.2. The van der Waals surface area contributed by atoms with Gasteiger partial charge in [-0.3, -0.25) is 0 Å². The summed E-state index contributed by atoms with van der Waals surface area (Å²) >= 11 is 0. The third kappa shape index (κ3) is 11.5. The molecule has 0 amide bonds. The van der Waals surface area contributed by atoms with Gasteiger partial charge in [0.2, 0.25) is 0 Å². The van der Waals surface area contributed by atoms with E-state index in [4.69, 9.17) is 9.47 Å². The number of benzene rings is 3. The Bertz CT molecular complexity index is 1210. The number of hydrogen-bond acceptors (Lipinski definition) is 2. The van der Waals surface area contributed by atoms with Gasteiger partial charge in [-0.1, -0.05) is 146 Å². The van der Waals surface area contributed by atoms with Crippen LogP contribution in [-0.2, 0) is 41.9 Å². The highest BCUT2D eigenvalue weighted by Gasteiger charge is 2.24. The summed E-state index contributed by atoms with van der Waals surface area (Å²) in [5.74, 6) is 2.17. The Labute approximate surface area is 279 Å². The van der Waals surface area contributed by atoms with Gasteiger partial charge in [0.15, 0.2) is 0 Å². The molecule has 2 nitrogen and oxygen atoms in total. The summed E-state index contributed by atoms with van der Waals surface area (Å²) < 4.78 is 11.0. The fraction of sp³-hybridized carbons (Fsp3) is 0.581. The molecule has 0 aromatic heterocycles. The lowest BCUT2D eigenvalue weighted by molar-refractivity contribution is 0.356. The van der Waals surface area contributed by atoms with Crippen LogP contribution in [0.4, 0.5) is 0 Å². The van der Waals surface area contributed by atoms with E-state index in [9.17, 15) is 0 Å². The maximum Gasteiger partial charge on any atom is 0.122 e. The second-order valence-electron chi connectivity index (χ2n) is 14.3. The fourth-order valence-corrected chi connectivity index (χ4v) is 5.90. The normalized spacial score (nSPS) is 13.8. The summed E-state index contributed by atoms with van der Waals surface area (Å²) in [6, 6.07) is 19.7. The van der Waals surface area contributed by atoms with Crippen LogP contribution in [0.15, 0.2) is 54.6 Å². The van der Waals surface area contributed by atoms with Crippen molar-refractivity contribution in [3.05, 3.63) is 93.5 Å². The van der Waals surface area contributed by atoms with Crippen molar-refractivity contribution in [2.45, 2.75) is 152 Å². The van der Waals surface area contributed by atoms with Gasteiger partial charge in [0.1, 0.15) is 11.5 Å². The van der Waals surface area contributed by atoms with Gasteiger partial charge in [0.05, 0.1) is 13.2 Å². The smallest absolute Gasteiger partial charge is 0.122 e. The number of aryl methyl sites for hydroxylation is 1. The minimum atomic E-state index is 0.235. The minimum Gasteiger partial charge on any atom is -0.493 e. The van der Waals surface area contributed by atoms with Crippen molar-refractivity contribution in [1.29, 1.82) is 0 Å². The topological polar surface area (TPSA) is 18.5 Å². The summed E-state index contributed by atoms with van der Waals surface area (Å²) in [6.07, 6.45) is 6.08. The van der Waals surface area contributed by atoms with Crippen molar-refractivity contribution in [2.24, 2.45) is 0 Å². The highest BCUT2D eigenvalue weighted by Crippen LogP contribution is 2.35. The number of ether oxygens (including phenoxy) is 2. The lowest BCUT2D eigenvalue weighted by Gasteiger charge is -2.22. The molecule has 0 bridgehead atoms. The molecule has 2 heterocycles. The molecule has 3 aliphatic rings. The zero-order valence-corrected chi connectivity index (χ0v) is 32.0. The van der Waals surface area contributed by atoms with E-state index < -0.39 is 0 Å². The Kier molecular flexibility index (Phi) is 16.5. The lowest BCUT2D eigenvalue weighted by atomic mass is 9.83. The van der Waals surface area contributed by atoms with Gasteiger partial charge in [0.25, 0.3) is 0 Å². The van der Waals surface area contributed by atoms with Crippen molar-refractivity contribution in [2.75, 3.05) is 13.2 Å². The molecule has 2 aliphatic heterocycles. The molecule has 0 unspecified atom stereocenters. The predicted octanol–water partition coefficient (Wildman–Crippen LogP) is 12.4. The van der Waals surface area contributed by atoms with Crippen LogP contribution in [0, 0.1) is 0 Å². The fourth-order valence-electron chi connectivity index (χ4n) is 5.90. The van der Waals surface area contributed by atoms with Crippen molar-refractivity contribution < 1.29 is 9.47 Å². The standard InChI is InChI=1S/C13H18.2C12H16O.3C2H6/c1-13(2,3)12-9-5-7-10-6-4-8-11(10)12;1-12(2,3)10-4-5-11-9(8-10)6-7-13-11;1-12(2,3)10-5-4-6-11-9(10)7-8-13-11;3*1-2/h5,7,9H,4,6,8H2,1-3H3;4-5,8H,6-7H2,1-3H3;4-6H,7-8H2,1-3H3;3*1-2H3. The quantitative estimate of drug-likeness (QED) is 0.250. The maximum absolute atomic E-state index is 5.53. The van der Waals surface area contributed by atoms with E-state index in [-0.39, 0.29) is 10.8 Å². The molecule has 0 spiro atoms. The van der Waals surface area contributed by atoms with Crippen LogP contribution in [-0.4, -0.2) is 13.2 Å². The molecule has 2 heteroatoms. The summed E-state index contributed by atoms with van der Waals surface area (Å²) in [5, 5.41) is 0.